The summed E-state index contributed by atoms with van der Waals surface area (Å²) >= 11 is 0. The number of aromatic nitrogens is 1. The van der Waals surface area contributed by atoms with Crippen LogP contribution in [-0.2, 0) is 25.8 Å². The summed E-state index contributed by atoms with van der Waals surface area (Å²) in [6, 6.07) is 20.7. The summed E-state index contributed by atoms with van der Waals surface area (Å²) in [5.41, 5.74) is 2.49. The van der Waals surface area contributed by atoms with Crippen LogP contribution in [0.15, 0.2) is 64.0 Å². The fraction of sp³-hybridized carbons (Fsp3) is 0.371. The van der Waals surface area contributed by atoms with E-state index in [0.717, 1.165) is 40.1 Å². The first-order valence-corrected chi connectivity index (χ1v) is 14.3. The van der Waals surface area contributed by atoms with Crippen molar-refractivity contribution in [2.75, 3.05) is 0 Å². The maximum absolute atomic E-state index is 10.6. The van der Waals surface area contributed by atoms with Crippen molar-refractivity contribution in [2.45, 2.75) is 72.4 Å². The first-order valence-electron chi connectivity index (χ1n) is 14.3. The van der Waals surface area contributed by atoms with Gasteiger partial charge in [-0.3, -0.25) is 4.99 Å². The molecular formula is C35H35N2O4Pt-. The van der Waals surface area contributed by atoms with Gasteiger partial charge < -0.3 is 19.0 Å². The molecule has 220 valence electrons. The molecule has 1 N–H and O–H groups in total. The van der Waals surface area contributed by atoms with Gasteiger partial charge in [0, 0.05) is 37.9 Å². The second kappa shape index (κ2) is 9.31. The van der Waals surface area contributed by atoms with Crippen LogP contribution in [-0.4, -0.2) is 27.1 Å². The van der Waals surface area contributed by atoms with Crippen molar-refractivity contribution >= 4 is 38.7 Å². The van der Waals surface area contributed by atoms with Gasteiger partial charge in [0.1, 0.15) is 28.3 Å². The number of aliphatic imine (C=N–C) groups is 1. The van der Waals surface area contributed by atoms with Gasteiger partial charge in [-0.2, -0.15) is 0 Å². The van der Waals surface area contributed by atoms with Crippen molar-refractivity contribution in [3.63, 3.8) is 0 Å². The average Bonchev–Trinajstić information content (AvgIpc) is 3.50. The van der Waals surface area contributed by atoms with Crippen LogP contribution in [0.25, 0.3) is 32.8 Å². The minimum absolute atomic E-state index is 0. The van der Waals surface area contributed by atoms with Gasteiger partial charge in [0.15, 0.2) is 0 Å². The van der Waals surface area contributed by atoms with Gasteiger partial charge in [-0.15, -0.1) is 0 Å². The maximum Gasteiger partial charge on any atom is 0.217 e. The molecule has 1 aliphatic carbocycles. The molecule has 7 rings (SSSR count). The quantitative estimate of drug-likeness (QED) is 0.187. The van der Waals surface area contributed by atoms with Crippen molar-refractivity contribution in [3.8, 4) is 17.4 Å². The summed E-state index contributed by atoms with van der Waals surface area (Å²) in [7, 11) is 0. The van der Waals surface area contributed by atoms with Gasteiger partial charge in [-0.1, -0.05) is 70.5 Å². The summed E-state index contributed by atoms with van der Waals surface area (Å²) in [5, 5.41) is 13.1. The molecule has 3 aromatic carbocycles. The number of ether oxygens (including phenoxy) is 2. The standard InChI is InChI=1S/C35H35N2O4.Pt/c1-20-16-21-12-13-28(36-30(21)24(38)17-20)40-27-19-22(18-26-29(27)23-10-8-9-11-25(23)39-26)31-37-34(7)33(5,6)14-15-35(34,41-31)32(2,3)4;/h8-13,16-18,38H,14-15H2,1-7H3;/q-1;/t34-,35+;/m0./s1. The Balaban J connectivity index is 0.00000316. The molecule has 5 aromatic rings. The van der Waals surface area contributed by atoms with E-state index >= 15 is 0 Å². The number of aryl methyl sites for hydroxylation is 1. The molecule has 2 aliphatic rings. The molecule has 1 saturated carbocycles. The number of phenolic OH excluding ortho intramolecular Hbond substituents is 1. The molecule has 0 bridgehead atoms. The van der Waals surface area contributed by atoms with Gasteiger partial charge >= 0.3 is 0 Å². The Bertz CT molecular complexity index is 1920. The molecule has 0 radical (unpaired) electrons. The molecular weight excluding hydrogens is 707 g/mol. The number of furan rings is 1. The molecule has 0 saturated heterocycles. The van der Waals surface area contributed by atoms with E-state index in [1.54, 1.807) is 6.07 Å². The maximum atomic E-state index is 10.6. The van der Waals surface area contributed by atoms with E-state index in [2.05, 4.69) is 52.6 Å². The number of hydrogen-bond acceptors (Lipinski definition) is 6. The number of aromatic hydroxyl groups is 1. The largest absolute Gasteiger partial charge is 0.511 e. The van der Waals surface area contributed by atoms with Crippen LogP contribution in [0.3, 0.4) is 0 Å². The Kier molecular flexibility index (Phi) is 6.37. The van der Waals surface area contributed by atoms with E-state index in [-0.39, 0.29) is 37.6 Å². The van der Waals surface area contributed by atoms with Gasteiger partial charge in [0.25, 0.3) is 0 Å². The Morgan fingerprint density at radius 3 is 2.48 bits per heavy atom. The molecule has 2 aromatic heterocycles. The van der Waals surface area contributed by atoms with Crippen LogP contribution in [0.5, 0.6) is 17.4 Å². The Hall–Kier alpha value is -3.37. The third-order valence-corrected chi connectivity index (χ3v) is 9.72. The van der Waals surface area contributed by atoms with Crippen molar-refractivity contribution in [2.24, 2.45) is 15.8 Å². The zero-order valence-corrected chi connectivity index (χ0v) is 27.3. The monoisotopic (exact) mass is 742 g/mol. The average molecular weight is 743 g/mol. The van der Waals surface area contributed by atoms with Crippen LogP contribution < -0.4 is 4.74 Å². The van der Waals surface area contributed by atoms with Crippen LogP contribution >= 0.6 is 0 Å². The summed E-state index contributed by atoms with van der Waals surface area (Å²) < 4.78 is 19.7. The predicted molar refractivity (Wildman–Crippen MR) is 162 cm³/mol. The number of benzene rings is 3. The Labute approximate surface area is 260 Å². The molecule has 0 amide bonds. The third kappa shape index (κ3) is 3.94. The number of para-hydroxylation sites is 1. The van der Waals surface area contributed by atoms with E-state index in [9.17, 15) is 5.11 Å². The van der Waals surface area contributed by atoms with Gasteiger partial charge in [0.05, 0.1) is 16.9 Å². The van der Waals surface area contributed by atoms with E-state index in [0.29, 0.717) is 34.2 Å². The third-order valence-electron chi connectivity index (χ3n) is 9.72. The van der Waals surface area contributed by atoms with Crippen molar-refractivity contribution in [3.05, 3.63) is 71.8 Å². The summed E-state index contributed by atoms with van der Waals surface area (Å²) in [4.78, 5) is 9.98. The van der Waals surface area contributed by atoms with Crippen LogP contribution in [0.2, 0.25) is 0 Å². The van der Waals surface area contributed by atoms with Gasteiger partial charge in [0.2, 0.25) is 5.88 Å². The van der Waals surface area contributed by atoms with E-state index in [4.69, 9.17) is 18.9 Å². The molecule has 6 nitrogen and oxygen atoms in total. The number of hydrogen-bond donors (Lipinski definition) is 1. The number of nitrogens with zero attached hydrogens (tertiary/aromatic N) is 2. The fourth-order valence-electron chi connectivity index (χ4n) is 7.13. The van der Waals surface area contributed by atoms with Crippen molar-refractivity contribution < 1.29 is 40.1 Å². The zero-order valence-electron chi connectivity index (χ0n) is 25.0. The molecule has 42 heavy (non-hydrogen) atoms. The topological polar surface area (TPSA) is 77.1 Å². The Morgan fingerprint density at radius 2 is 1.74 bits per heavy atom. The molecule has 1 fully saturated rings. The molecule has 0 unspecified atom stereocenters. The minimum Gasteiger partial charge on any atom is -0.511 e. The smallest absolute Gasteiger partial charge is 0.217 e. The number of rotatable bonds is 3. The van der Waals surface area contributed by atoms with Crippen LogP contribution in [0.4, 0.5) is 0 Å². The molecule has 0 spiro atoms. The SMILES string of the molecule is Cc1cc(O)c2nc(Oc3[c-]c(C4=N[C@@]5(C)C(C)(C)CC[C@]5(C(C)(C)C)O4)cc4oc5ccccc5c34)ccc2c1.[Pt]. The van der Waals surface area contributed by atoms with E-state index in [1.807, 2.05) is 55.5 Å². The zero-order chi connectivity index (χ0) is 28.9. The van der Waals surface area contributed by atoms with Crippen molar-refractivity contribution in [1.82, 2.24) is 4.98 Å². The number of phenols is 1. The normalized spacial score (nSPS) is 23.1. The molecule has 3 heterocycles. The number of pyridine rings is 1. The first-order chi connectivity index (χ1) is 19.3. The van der Waals surface area contributed by atoms with E-state index in [1.165, 1.54) is 0 Å². The predicted octanol–water partition coefficient (Wildman–Crippen LogP) is 8.88. The summed E-state index contributed by atoms with van der Waals surface area (Å²) in [6.07, 6.45) is 1.96. The second-order valence-electron chi connectivity index (χ2n) is 13.5. The first kappa shape index (κ1) is 28.7. The molecule has 2 atom stereocenters. The number of fused-ring (bicyclic) bond motifs is 5. The minimum atomic E-state index is -0.452. The Morgan fingerprint density at radius 1 is 0.976 bits per heavy atom. The summed E-state index contributed by atoms with van der Waals surface area (Å²) in [6.45, 7) is 15.5. The molecule has 1 aliphatic heterocycles. The van der Waals surface area contributed by atoms with E-state index < -0.39 is 11.1 Å². The second-order valence-corrected chi connectivity index (χ2v) is 13.5. The van der Waals surface area contributed by atoms with Gasteiger partial charge in [-0.05, 0) is 72.7 Å². The van der Waals surface area contributed by atoms with Crippen molar-refractivity contribution in [1.29, 1.82) is 0 Å². The summed E-state index contributed by atoms with van der Waals surface area (Å²) in [5.74, 6) is 1.49. The van der Waals surface area contributed by atoms with Gasteiger partial charge in [-0.25, -0.2) is 4.98 Å². The van der Waals surface area contributed by atoms with Crippen LogP contribution in [0, 0.1) is 23.8 Å². The fourth-order valence-corrected chi connectivity index (χ4v) is 7.13. The molecule has 7 heteroatoms. The van der Waals surface area contributed by atoms with Crippen LogP contribution in [0.1, 0.15) is 65.5 Å².